The lowest BCUT2D eigenvalue weighted by Gasteiger charge is -2.34. The number of carbonyl (C=O) groups excluding carboxylic acids is 8. The maximum atomic E-state index is 14.4. The first-order valence-corrected chi connectivity index (χ1v) is 22.3. The van der Waals surface area contributed by atoms with Crippen LogP contribution < -0.4 is 16.4 Å². The minimum Gasteiger partial charge on any atom is -0.478 e. The van der Waals surface area contributed by atoms with Gasteiger partial charge in [0.15, 0.2) is 17.3 Å². The van der Waals surface area contributed by atoms with Crippen LogP contribution in [0.1, 0.15) is 123 Å². The third-order valence-electron chi connectivity index (χ3n) is 12.0. The van der Waals surface area contributed by atoms with Crippen molar-refractivity contribution in [2.45, 2.75) is 121 Å². The lowest BCUT2D eigenvalue weighted by Crippen LogP contribution is -2.57. The highest BCUT2D eigenvalue weighted by Crippen LogP contribution is 2.34. The van der Waals surface area contributed by atoms with E-state index in [9.17, 15) is 48.3 Å². The molecule has 1 aromatic rings. The van der Waals surface area contributed by atoms with E-state index in [1.54, 1.807) is 0 Å². The van der Waals surface area contributed by atoms with Crippen molar-refractivity contribution in [1.82, 2.24) is 20.5 Å². The first-order chi connectivity index (χ1) is 28.7. The molecule has 60 heavy (non-hydrogen) atoms. The number of carboxylic acid groups (broad SMARTS) is 1. The topological polar surface area (TPSA) is 249 Å². The molecule has 328 valence electrons. The van der Waals surface area contributed by atoms with E-state index in [0.29, 0.717) is 18.6 Å². The van der Waals surface area contributed by atoms with Gasteiger partial charge in [0.2, 0.25) is 23.6 Å². The van der Waals surface area contributed by atoms with Gasteiger partial charge in [-0.05, 0) is 74.9 Å². The van der Waals surface area contributed by atoms with Crippen LogP contribution in [0.25, 0.3) is 0 Å². The highest BCUT2D eigenvalue weighted by Gasteiger charge is 2.44. The number of rotatable bonds is 22. The van der Waals surface area contributed by atoms with Gasteiger partial charge in [0, 0.05) is 49.6 Å². The van der Waals surface area contributed by atoms with Crippen molar-refractivity contribution in [2.75, 3.05) is 25.7 Å². The van der Waals surface area contributed by atoms with Gasteiger partial charge in [-0.15, -0.1) is 0 Å². The van der Waals surface area contributed by atoms with Crippen molar-refractivity contribution in [3.05, 3.63) is 41.7 Å². The van der Waals surface area contributed by atoms with Crippen molar-refractivity contribution in [3.63, 3.8) is 0 Å². The van der Waals surface area contributed by atoms with E-state index in [4.69, 9.17) is 5.73 Å². The zero-order valence-corrected chi connectivity index (χ0v) is 35.4. The molecule has 5 N–H and O–H groups in total. The Bertz CT molecular complexity index is 1770. The number of thioether (sulfide) groups is 1. The number of amides is 4. The lowest BCUT2D eigenvalue weighted by atomic mass is 9.75. The molecule has 1 aromatic heterocycles. The summed E-state index contributed by atoms with van der Waals surface area (Å²) in [4.78, 5) is 124. The molecule has 0 unspecified atom stereocenters. The molecule has 0 bridgehead atoms. The molecule has 4 rings (SSSR count). The van der Waals surface area contributed by atoms with Crippen molar-refractivity contribution in [2.24, 2.45) is 29.4 Å². The number of carboxylic acids is 1. The number of pyridine rings is 1. The minimum atomic E-state index is -1.35. The maximum Gasteiger partial charge on any atom is 0.336 e. The fraction of sp³-hybridized carbons (Fsp3) is 0.628. The van der Waals surface area contributed by atoms with E-state index in [2.05, 4.69) is 20.4 Å². The number of Topliss-reactive ketones (excluding diaryl/α,β-unsaturated/α-hetero) is 3. The number of ketones is 3. The SMILES string of the molecule is COC(=O)/C=C/CC[C@H](CC(=O)c1cnccc1C(=O)O)C(=O)N[C@@H](CCSC)C(=O)N1CC(=O)C[C@H]1C(=O)N[C@H](C(=O)C[C@H](C(N)=O)C1CCCCC1)C1CCCCC1. The Balaban J connectivity index is 1.55. The highest BCUT2D eigenvalue weighted by molar-refractivity contribution is 7.98. The zero-order valence-electron chi connectivity index (χ0n) is 34.6. The van der Waals surface area contributed by atoms with Gasteiger partial charge >= 0.3 is 11.9 Å². The quantitative estimate of drug-likeness (QED) is 0.0741. The lowest BCUT2D eigenvalue weighted by molar-refractivity contribution is -0.143. The second kappa shape index (κ2) is 23.8. The number of primary amides is 1. The molecule has 16 nitrogen and oxygen atoms in total. The molecular weight excluding hydrogens is 795 g/mol. The third kappa shape index (κ3) is 13.5. The Morgan fingerprint density at radius 2 is 1.62 bits per heavy atom. The van der Waals surface area contributed by atoms with Crippen molar-refractivity contribution in [1.29, 1.82) is 0 Å². The number of aromatic nitrogens is 1. The smallest absolute Gasteiger partial charge is 0.336 e. The molecule has 0 radical (unpaired) electrons. The summed E-state index contributed by atoms with van der Waals surface area (Å²) in [6.45, 7) is -0.394. The number of aromatic carboxylic acids is 1. The van der Waals surface area contributed by atoms with Crippen LogP contribution in [-0.4, -0.2) is 112 Å². The molecule has 5 atom stereocenters. The summed E-state index contributed by atoms with van der Waals surface area (Å²) >= 11 is 1.40. The monoisotopic (exact) mass is 853 g/mol. The second-order valence-electron chi connectivity index (χ2n) is 16.1. The Morgan fingerprint density at radius 3 is 2.23 bits per heavy atom. The number of carbonyl (C=O) groups is 9. The highest BCUT2D eigenvalue weighted by atomic mass is 32.2. The number of nitrogens with one attached hydrogen (secondary N) is 2. The van der Waals surface area contributed by atoms with E-state index in [1.807, 2.05) is 6.26 Å². The van der Waals surface area contributed by atoms with Crippen LogP contribution in [0.2, 0.25) is 0 Å². The largest absolute Gasteiger partial charge is 0.478 e. The van der Waals surface area contributed by atoms with Gasteiger partial charge in [0.1, 0.15) is 12.1 Å². The number of methoxy groups -OCH3 is 1. The Morgan fingerprint density at radius 1 is 0.950 bits per heavy atom. The maximum absolute atomic E-state index is 14.4. The van der Waals surface area contributed by atoms with Gasteiger partial charge in [0.25, 0.3) is 0 Å². The first-order valence-electron chi connectivity index (χ1n) is 20.9. The molecule has 1 saturated heterocycles. The normalized spacial score (nSPS) is 19.5. The van der Waals surface area contributed by atoms with E-state index in [-0.39, 0.29) is 66.6 Å². The van der Waals surface area contributed by atoms with Crippen molar-refractivity contribution < 1.29 is 53.0 Å². The molecule has 0 aromatic carbocycles. The van der Waals surface area contributed by atoms with Crippen LogP contribution in [0.3, 0.4) is 0 Å². The summed E-state index contributed by atoms with van der Waals surface area (Å²) in [5, 5.41) is 15.3. The Hall–Kier alpha value is -4.93. The van der Waals surface area contributed by atoms with Crippen LogP contribution in [-0.2, 0) is 38.3 Å². The van der Waals surface area contributed by atoms with Gasteiger partial charge in [-0.25, -0.2) is 9.59 Å². The molecule has 3 aliphatic rings. The Labute approximate surface area is 354 Å². The average molecular weight is 854 g/mol. The molecule has 2 saturated carbocycles. The van der Waals surface area contributed by atoms with Crippen LogP contribution in [0, 0.1) is 23.7 Å². The number of likely N-dealkylation sites (tertiary alicyclic amines) is 1. The number of hydrogen-bond donors (Lipinski definition) is 4. The van der Waals surface area contributed by atoms with Gasteiger partial charge in [-0.3, -0.25) is 38.5 Å². The minimum absolute atomic E-state index is 0.0106. The predicted molar refractivity (Wildman–Crippen MR) is 221 cm³/mol. The summed E-state index contributed by atoms with van der Waals surface area (Å²) in [7, 11) is 1.21. The summed E-state index contributed by atoms with van der Waals surface area (Å²) in [6, 6.07) is -2.24. The van der Waals surface area contributed by atoms with Gasteiger partial charge < -0.3 is 31.1 Å². The fourth-order valence-electron chi connectivity index (χ4n) is 8.70. The zero-order chi connectivity index (χ0) is 43.8. The molecule has 1 aliphatic heterocycles. The van der Waals surface area contributed by atoms with E-state index >= 15 is 0 Å². The Kier molecular flexibility index (Phi) is 18.9. The molecular formula is C43H59N5O11S. The predicted octanol–water partition coefficient (Wildman–Crippen LogP) is 3.59. The molecule has 17 heteroatoms. The number of allylic oxidation sites excluding steroid dienone is 1. The summed E-state index contributed by atoms with van der Waals surface area (Å²) in [5.74, 6) is -7.46. The standard InChI is InChI=1S/C43H59N5O11S/c1-59-37(52)16-10-9-15-28(21-35(50)32-24-45-19-17-30(32)43(57)58)40(54)46-33(18-20-60-2)42(56)48-25-29(49)22-34(48)41(55)47-38(27-13-7-4-8-14-27)36(51)23-31(39(44)53)26-11-5-3-6-12-26/h10,16-17,19,24,26-28,31,33-34,38H,3-9,11-15,18,20-23,25H2,1-2H3,(H2,44,53)(H,46,54)(H,47,55)(H,57,58)/b16-10+/t28-,31+,33+,34+,38+/m1/s1. The van der Waals surface area contributed by atoms with Crippen molar-refractivity contribution >= 4 is 64.7 Å². The van der Waals surface area contributed by atoms with Crippen molar-refractivity contribution in [3.8, 4) is 0 Å². The summed E-state index contributed by atoms with van der Waals surface area (Å²) in [5.41, 5.74) is 5.35. The van der Waals surface area contributed by atoms with Crippen LogP contribution in [0.5, 0.6) is 0 Å². The van der Waals surface area contributed by atoms with E-state index in [0.717, 1.165) is 62.5 Å². The van der Waals surface area contributed by atoms with Gasteiger partial charge in [-0.2, -0.15) is 11.8 Å². The number of esters is 1. The van der Waals surface area contributed by atoms with Gasteiger partial charge in [-0.1, -0.05) is 44.6 Å². The second-order valence-corrected chi connectivity index (χ2v) is 17.1. The number of nitrogens with two attached hydrogens (primary N) is 1. The number of hydrogen-bond acceptors (Lipinski definition) is 12. The van der Waals surface area contributed by atoms with E-state index < -0.39 is 84.3 Å². The molecule has 2 heterocycles. The number of ether oxygens (including phenoxy) is 1. The molecule has 4 amide bonds. The number of nitrogens with zero attached hydrogens (tertiary/aromatic N) is 2. The summed E-state index contributed by atoms with van der Waals surface area (Å²) < 4.78 is 4.62. The molecule has 3 fully saturated rings. The van der Waals surface area contributed by atoms with E-state index in [1.165, 1.54) is 43.3 Å². The van der Waals surface area contributed by atoms with Crippen LogP contribution >= 0.6 is 11.8 Å². The third-order valence-corrected chi connectivity index (χ3v) is 12.7. The molecule has 2 aliphatic carbocycles. The van der Waals surface area contributed by atoms with Crippen LogP contribution in [0.15, 0.2) is 30.6 Å². The average Bonchev–Trinajstić information content (AvgIpc) is 3.65. The summed E-state index contributed by atoms with van der Waals surface area (Å²) in [6.07, 6.45) is 14.9. The van der Waals surface area contributed by atoms with Crippen LogP contribution in [0.4, 0.5) is 0 Å². The first kappa shape index (κ1) is 47.7. The van der Waals surface area contributed by atoms with Gasteiger partial charge in [0.05, 0.1) is 30.8 Å². The molecule has 0 spiro atoms. The fourth-order valence-corrected chi connectivity index (χ4v) is 9.18.